The Morgan fingerprint density at radius 1 is 1.07 bits per heavy atom. The van der Waals surface area contributed by atoms with E-state index in [9.17, 15) is 9.59 Å². The summed E-state index contributed by atoms with van der Waals surface area (Å²) in [6.07, 6.45) is 3.26. The van der Waals surface area contributed by atoms with E-state index in [1.807, 2.05) is 12.1 Å². The Morgan fingerprint density at radius 3 is 2.52 bits per heavy atom. The highest BCUT2D eigenvalue weighted by Gasteiger charge is 2.12. The molecule has 0 aliphatic rings. The van der Waals surface area contributed by atoms with Gasteiger partial charge in [-0.15, -0.1) is 0 Å². The summed E-state index contributed by atoms with van der Waals surface area (Å²) in [6, 6.07) is 14.0. The van der Waals surface area contributed by atoms with Crippen molar-refractivity contribution in [3.05, 3.63) is 77.6 Å². The summed E-state index contributed by atoms with van der Waals surface area (Å²) in [4.78, 5) is 24.2. The highest BCUT2D eigenvalue weighted by atomic mass is 16.5. The van der Waals surface area contributed by atoms with Crippen LogP contribution in [0, 0.1) is 0 Å². The van der Waals surface area contributed by atoms with Gasteiger partial charge in [-0.1, -0.05) is 18.2 Å². The first-order chi connectivity index (χ1) is 13.1. The number of amides is 1. The van der Waals surface area contributed by atoms with Crippen molar-refractivity contribution in [2.24, 2.45) is 0 Å². The first-order valence-corrected chi connectivity index (χ1v) is 8.25. The number of nitrogens with zero attached hydrogens (tertiary/aromatic N) is 2. The maximum Gasteiger partial charge on any atom is 0.338 e. The third-order valence-electron chi connectivity index (χ3n) is 4.00. The van der Waals surface area contributed by atoms with Crippen molar-refractivity contribution in [3.8, 4) is 5.75 Å². The molecule has 1 amide bonds. The second kappa shape index (κ2) is 8.18. The first kappa shape index (κ1) is 18.2. The molecule has 0 radical (unpaired) electrons. The fraction of sp³-hybridized carbons (Fsp3) is 0.150. The zero-order chi connectivity index (χ0) is 19.2. The molecular weight excluding hydrogens is 346 g/mol. The van der Waals surface area contributed by atoms with E-state index in [1.54, 1.807) is 60.6 Å². The predicted molar refractivity (Wildman–Crippen MR) is 100 cm³/mol. The maximum atomic E-state index is 12.3. The summed E-state index contributed by atoms with van der Waals surface area (Å²) in [5, 5.41) is 7.04. The van der Waals surface area contributed by atoms with Crippen LogP contribution >= 0.6 is 0 Å². The van der Waals surface area contributed by atoms with Gasteiger partial charge in [0.05, 0.1) is 38.2 Å². The molecule has 27 heavy (non-hydrogen) atoms. The van der Waals surface area contributed by atoms with Crippen LogP contribution < -0.4 is 10.1 Å². The molecule has 1 heterocycles. The van der Waals surface area contributed by atoms with Crippen LogP contribution in [0.15, 0.2) is 60.9 Å². The minimum atomic E-state index is -0.397. The van der Waals surface area contributed by atoms with E-state index in [0.717, 1.165) is 5.56 Å². The predicted octanol–water partition coefficient (Wildman–Crippen LogP) is 2.98. The van der Waals surface area contributed by atoms with E-state index in [-0.39, 0.29) is 5.91 Å². The van der Waals surface area contributed by atoms with Crippen LogP contribution in [0.1, 0.15) is 26.3 Å². The molecule has 3 aromatic rings. The van der Waals surface area contributed by atoms with Crippen LogP contribution in [-0.2, 0) is 11.3 Å². The normalized spacial score (nSPS) is 10.3. The molecule has 0 fully saturated rings. The number of aromatic nitrogens is 2. The number of ether oxygens (including phenoxy) is 2. The number of hydrogen-bond donors (Lipinski definition) is 1. The van der Waals surface area contributed by atoms with E-state index in [1.165, 1.54) is 7.11 Å². The zero-order valence-corrected chi connectivity index (χ0v) is 15.0. The third-order valence-corrected chi connectivity index (χ3v) is 4.00. The summed E-state index contributed by atoms with van der Waals surface area (Å²) < 4.78 is 11.5. The summed E-state index contributed by atoms with van der Waals surface area (Å²) in [7, 11) is 2.92. The van der Waals surface area contributed by atoms with Crippen molar-refractivity contribution in [2.75, 3.05) is 19.5 Å². The molecule has 0 unspecified atom stereocenters. The number of rotatable bonds is 6. The number of esters is 1. The Bertz CT molecular complexity index is 948. The minimum Gasteiger partial charge on any atom is -0.497 e. The van der Waals surface area contributed by atoms with Crippen molar-refractivity contribution < 1.29 is 19.1 Å². The number of benzene rings is 2. The summed E-state index contributed by atoms with van der Waals surface area (Å²) in [5.74, 6) is 0.0431. The van der Waals surface area contributed by atoms with Crippen LogP contribution in [0.2, 0.25) is 0 Å². The molecule has 138 valence electrons. The fourth-order valence-corrected chi connectivity index (χ4v) is 2.60. The van der Waals surface area contributed by atoms with E-state index in [2.05, 4.69) is 10.4 Å². The number of anilines is 1. The van der Waals surface area contributed by atoms with Gasteiger partial charge in [0.1, 0.15) is 5.75 Å². The molecule has 7 nitrogen and oxygen atoms in total. The summed E-state index contributed by atoms with van der Waals surface area (Å²) in [6.45, 7) is 0.379. The molecule has 2 aromatic carbocycles. The van der Waals surface area contributed by atoms with Crippen LogP contribution in [0.5, 0.6) is 5.75 Å². The lowest BCUT2D eigenvalue weighted by molar-refractivity contribution is 0.0599. The zero-order valence-electron chi connectivity index (χ0n) is 15.0. The Morgan fingerprint density at radius 2 is 1.81 bits per heavy atom. The van der Waals surface area contributed by atoms with E-state index < -0.39 is 5.97 Å². The number of nitrogens with one attached hydrogen (secondary N) is 1. The van der Waals surface area contributed by atoms with Gasteiger partial charge in [-0.25, -0.2) is 4.79 Å². The van der Waals surface area contributed by atoms with Gasteiger partial charge in [0, 0.05) is 11.8 Å². The lowest BCUT2D eigenvalue weighted by atomic mass is 10.1. The molecule has 0 spiro atoms. The molecule has 1 aromatic heterocycles. The lowest BCUT2D eigenvalue weighted by Gasteiger charge is -2.07. The quantitative estimate of drug-likeness (QED) is 0.679. The smallest absolute Gasteiger partial charge is 0.338 e. The van der Waals surface area contributed by atoms with E-state index in [4.69, 9.17) is 9.47 Å². The Kier molecular flexibility index (Phi) is 5.51. The van der Waals surface area contributed by atoms with Gasteiger partial charge in [0.2, 0.25) is 0 Å². The molecule has 0 aliphatic heterocycles. The van der Waals surface area contributed by atoms with E-state index in [0.29, 0.717) is 29.1 Å². The van der Waals surface area contributed by atoms with Crippen LogP contribution in [0.25, 0.3) is 0 Å². The minimum absolute atomic E-state index is 0.243. The van der Waals surface area contributed by atoms with Crippen LogP contribution in [0.4, 0.5) is 5.69 Å². The average Bonchev–Trinajstić information content (AvgIpc) is 3.14. The molecule has 0 saturated heterocycles. The second-order valence-corrected chi connectivity index (χ2v) is 5.76. The third kappa shape index (κ3) is 4.33. The molecule has 0 aliphatic carbocycles. The van der Waals surface area contributed by atoms with E-state index >= 15 is 0 Å². The molecule has 0 saturated carbocycles. The topological polar surface area (TPSA) is 82.5 Å². The van der Waals surface area contributed by atoms with Crippen LogP contribution in [-0.4, -0.2) is 35.9 Å². The largest absolute Gasteiger partial charge is 0.497 e. The first-order valence-electron chi connectivity index (χ1n) is 8.25. The number of hydrogen-bond acceptors (Lipinski definition) is 5. The Hall–Kier alpha value is -3.61. The summed E-state index contributed by atoms with van der Waals surface area (Å²) >= 11 is 0. The maximum absolute atomic E-state index is 12.3. The van der Waals surface area contributed by atoms with Crippen molar-refractivity contribution in [1.29, 1.82) is 0 Å². The van der Waals surface area contributed by atoms with Crippen molar-refractivity contribution in [3.63, 3.8) is 0 Å². The number of carbonyl (C=O) groups is 2. The molecule has 0 atom stereocenters. The van der Waals surface area contributed by atoms with Gasteiger partial charge in [-0.05, 0) is 35.9 Å². The molecule has 3 rings (SSSR count). The molecule has 7 heteroatoms. The standard InChI is InChI=1S/C20H19N3O4/c1-26-17-9-7-14(8-10-17)19(24)22-16-11-21-23(13-16)12-15-5-3-4-6-18(15)20(25)27-2/h3-11,13H,12H2,1-2H3,(H,22,24). The van der Waals surface area contributed by atoms with Crippen LogP contribution in [0.3, 0.4) is 0 Å². The van der Waals surface area contributed by atoms with Gasteiger partial charge >= 0.3 is 5.97 Å². The van der Waals surface area contributed by atoms with Crippen molar-refractivity contribution in [1.82, 2.24) is 9.78 Å². The average molecular weight is 365 g/mol. The fourth-order valence-electron chi connectivity index (χ4n) is 2.60. The molecule has 0 bridgehead atoms. The number of carbonyl (C=O) groups excluding carboxylic acids is 2. The van der Waals surface area contributed by atoms with Crippen molar-refractivity contribution >= 4 is 17.6 Å². The number of methoxy groups -OCH3 is 2. The molecule has 1 N–H and O–H groups in total. The monoisotopic (exact) mass is 365 g/mol. The van der Waals surface area contributed by atoms with Gasteiger partial charge in [0.15, 0.2) is 0 Å². The Balaban J connectivity index is 1.70. The molecular formula is C20H19N3O4. The van der Waals surface area contributed by atoms with Gasteiger partial charge in [0.25, 0.3) is 5.91 Å². The van der Waals surface area contributed by atoms with Gasteiger partial charge in [-0.2, -0.15) is 5.10 Å². The second-order valence-electron chi connectivity index (χ2n) is 5.76. The van der Waals surface area contributed by atoms with Gasteiger partial charge in [-0.3, -0.25) is 9.48 Å². The summed E-state index contributed by atoms with van der Waals surface area (Å²) in [5.41, 5.74) is 2.34. The lowest BCUT2D eigenvalue weighted by Crippen LogP contribution is -2.11. The SMILES string of the molecule is COC(=O)c1ccccc1Cn1cc(NC(=O)c2ccc(OC)cc2)cn1. The van der Waals surface area contributed by atoms with Gasteiger partial charge < -0.3 is 14.8 Å². The highest BCUT2D eigenvalue weighted by molar-refractivity contribution is 6.04. The highest BCUT2D eigenvalue weighted by Crippen LogP contribution is 2.15. The van der Waals surface area contributed by atoms with Crippen molar-refractivity contribution in [2.45, 2.75) is 6.54 Å². The Labute approximate surface area is 156 Å².